The molecule has 2 atom stereocenters. The van der Waals surface area contributed by atoms with Gasteiger partial charge in [0.2, 0.25) is 11.8 Å². The van der Waals surface area contributed by atoms with Crippen LogP contribution in [-0.4, -0.2) is 56.2 Å². The Morgan fingerprint density at radius 3 is 2.53 bits per heavy atom. The van der Waals surface area contributed by atoms with E-state index in [1.54, 1.807) is 10.8 Å². The van der Waals surface area contributed by atoms with E-state index in [2.05, 4.69) is 69.0 Å². The molecule has 0 spiro atoms. The maximum Gasteiger partial charge on any atom is 0.225 e. The quantitative estimate of drug-likeness (QED) is 0.500. The average molecular weight is 432 g/mol. The van der Waals surface area contributed by atoms with Crippen LogP contribution in [0, 0.1) is 0 Å². The van der Waals surface area contributed by atoms with Gasteiger partial charge in [-0.25, -0.2) is 4.98 Å². The number of hydrogen-bond donors (Lipinski definition) is 1. The van der Waals surface area contributed by atoms with E-state index in [1.165, 1.54) is 5.56 Å². The molecule has 8 heteroatoms. The van der Waals surface area contributed by atoms with E-state index in [9.17, 15) is 0 Å². The highest BCUT2D eigenvalue weighted by Gasteiger charge is 2.30. The molecular formula is C24H29N7O. The van der Waals surface area contributed by atoms with Crippen molar-refractivity contribution in [1.29, 1.82) is 0 Å². The lowest BCUT2D eigenvalue weighted by atomic mass is 10.1. The van der Waals surface area contributed by atoms with Gasteiger partial charge in [-0.3, -0.25) is 4.90 Å². The maximum absolute atomic E-state index is 6.23. The topological polar surface area (TPSA) is 88.7 Å². The molecule has 5 rings (SSSR count). The predicted octanol–water partition coefficient (Wildman–Crippen LogP) is 3.50. The highest BCUT2D eigenvalue weighted by molar-refractivity contribution is 5.59. The summed E-state index contributed by atoms with van der Waals surface area (Å²) < 4.78 is 6.98. The van der Waals surface area contributed by atoms with Crippen LogP contribution in [0.15, 0.2) is 59.2 Å². The van der Waals surface area contributed by atoms with E-state index in [0.717, 1.165) is 38.3 Å². The van der Waals surface area contributed by atoms with Crippen molar-refractivity contribution >= 4 is 17.4 Å². The van der Waals surface area contributed by atoms with Crippen molar-refractivity contribution in [3.05, 3.63) is 60.4 Å². The van der Waals surface area contributed by atoms with E-state index in [-0.39, 0.29) is 0 Å². The molecule has 4 aromatic rings. The van der Waals surface area contributed by atoms with Crippen LogP contribution in [0.2, 0.25) is 0 Å². The predicted molar refractivity (Wildman–Crippen MR) is 126 cm³/mol. The lowest BCUT2D eigenvalue weighted by molar-refractivity contribution is 0.130. The van der Waals surface area contributed by atoms with Crippen molar-refractivity contribution in [2.45, 2.75) is 38.8 Å². The molecule has 8 nitrogen and oxygen atoms in total. The number of aromatic nitrogens is 4. The van der Waals surface area contributed by atoms with Gasteiger partial charge in [0.25, 0.3) is 0 Å². The minimum Gasteiger partial charge on any atom is -0.461 e. The molecule has 166 valence electrons. The summed E-state index contributed by atoms with van der Waals surface area (Å²) in [6.45, 7) is 7.48. The van der Waals surface area contributed by atoms with Gasteiger partial charge < -0.3 is 15.1 Å². The van der Waals surface area contributed by atoms with Crippen LogP contribution < -0.4 is 10.6 Å². The molecular weight excluding hydrogens is 402 g/mol. The molecule has 1 fully saturated rings. The Balaban J connectivity index is 1.28. The Morgan fingerprint density at radius 2 is 1.81 bits per heavy atom. The summed E-state index contributed by atoms with van der Waals surface area (Å²) in [6.07, 6.45) is 3.88. The fourth-order valence-electron chi connectivity index (χ4n) is 4.67. The summed E-state index contributed by atoms with van der Waals surface area (Å²) in [6, 6.07) is 17.2. The van der Waals surface area contributed by atoms with Gasteiger partial charge in [-0.2, -0.15) is 9.50 Å². The number of furan rings is 1. The summed E-state index contributed by atoms with van der Waals surface area (Å²) in [7, 11) is 0. The molecule has 2 unspecified atom stereocenters. The molecule has 1 saturated heterocycles. The summed E-state index contributed by atoms with van der Waals surface area (Å²) in [5.74, 6) is 2.29. The Morgan fingerprint density at radius 1 is 1.03 bits per heavy atom. The SMILES string of the molecule is CC1CN(c2cc3nc(-c4ccco4)nn3c(N)n2)CC(C)N1CCCc1ccccc1. The number of anilines is 2. The first kappa shape index (κ1) is 20.5. The monoisotopic (exact) mass is 431 g/mol. The number of fused-ring (bicyclic) bond motifs is 1. The van der Waals surface area contributed by atoms with Crippen LogP contribution in [0.5, 0.6) is 0 Å². The van der Waals surface area contributed by atoms with E-state index < -0.39 is 0 Å². The minimum atomic E-state index is 0.327. The second-order valence-electron chi connectivity index (χ2n) is 8.59. The number of hydrogen-bond acceptors (Lipinski definition) is 7. The molecule has 1 aromatic carbocycles. The van der Waals surface area contributed by atoms with Crippen LogP contribution in [0.25, 0.3) is 17.2 Å². The lowest BCUT2D eigenvalue weighted by Gasteiger charge is -2.45. The normalized spacial score (nSPS) is 19.6. The van der Waals surface area contributed by atoms with E-state index >= 15 is 0 Å². The molecule has 0 radical (unpaired) electrons. The third-order valence-electron chi connectivity index (χ3n) is 6.23. The van der Waals surface area contributed by atoms with Gasteiger partial charge in [-0.05, 0) is 50.9 Å². The average Bonchev–Trinajstić information content (AvgIpc) is 3.46. The highest BCUT2D eigenvalue weighted by atomic mass is 16.3. The van der Waals surface area contributed by atoms with Crippen LogP contribution in [-0.2, 0) is 6.42 Å². The zero-order valence-corrected chi connectivity index (χ0v) is 18.6. The summed E-state index contributed by atoms with van der Waals surface area (Å²) in [5, 5.41) is 4.44. The Kier molecular flexibility index (Phi) is 5.53. The van der Waals surface area contributed by atoms with Gasteiger partial charge in [-0.1, -0.05) is 30.3 Å². The van der Waals surface area contributed by atoms with Crippen molar-refractivity contribution in [3.63, 3.8) is 0 Å². The standard InChI is InChI=1S/C24H29N7O/c1-17-15-29(16-18(2)30(17)12-6-10-19-8-4-3-5-9-19)21-14-22-26-23(20-11-7-13-32-20)28-31(22)24(25)27-21/h3-5,7-9,11,13-14,17-18H,6,10,12,15-16H2,1-2H3,(H2,25,27). The van der Waals surface area contributed by atoms with Crippen molar-refractivity contribution in [2.24, 2.45) is 0 Å². The van der Waals surface area contributed by atoms with Crippen molar-refractivity contribution in [1.82, 2.24) is 24.5 Å². The largest absolute Gasteiger partial charge is 0.461 e. The number of nitrogens with zero attached hydrogens (tertiary/aromatic N) is 6. The third-order valence-corrected chi connectivity index (χ3v) is 6.23. The van der Waals surface area contributed by atoms with Crippen LogP contribution in [0.1, 0.15) is 25.8 Å². The summed E-state index contributed by atoms with van der Waals surface area (Å²) in [5.41, 5.74) is 8.30. The van der Waals surface area contributed by atoms with E-state index in [1.807, 2.05) is 18.2 Å². The van der Waals surface area contributed by atoms with Crippen LogP contribution in [0.4, 0.5) is 11.8 Å². The zero-order chi connectivity index (χ0) is 22.1. The third kappa shape index (κ3) is 4.05. The molecule has 32 heavy (non-hydrogen) atoms. The van der Waals surface area contributed by atoms with E-state index in [0.29, 0.717) is 35.3 Å². The number of benzene rings is 1. The number of piperazine rings is 1. The van der Waals surface area contributed by atoms with Crippen LogP contribution in [0.3, 0.4) is 0 Å². The summed E-state index contributed by atoms with van der Waals surface area (Å²) >= 11 is 0. The van der Waals surface area contributed by atoms with E-state index in [4.69, 9.17) is 10.2 Å². The molecule has 0 saturated carbocycles. The number of nitrogen functional groups attached to an aromatic ring is 1. The smallest absolute Gasteiger partial charge is 0.225 e. The first-order valence-corrected chi connectivity index (χ1v) is 11.2. The van der Waals surface area contributed by atoms with Gasteiger partial charge in [0.1, 0.15) is 5.82 Å². The van der Waals surface area contributed by atoms with Gasteiger partial charge in [0, 0.05) is 31.2 Å². The van der Waals surface area contributed by atoms with Gasteiger partial charge >= 0.3 is 0 Å². The fourth-order valence-corrected chi connectivity index (χ4v) is 4.67. The fraction of sp³-hybridized carbons (Fsp3) is 0.375. The zero-order valence-electron chi connectivity index (χ0n) is 18.6. The Hall–Kier alpha value is -3.39. The molecule has 1 aliphatic heterocycles. The highest BCUT2D eigenvalue weighted by Crippen LogP contribution is 2.25. The number of nitrogens with two attached hydrogens (primary N) is 1. The Bertz CT molecular complexity index is 1160. The molecule has 0 aliphatic carbocycles. The molecule has 4 heterocycles. The molecule has 0 amide bonds. The Labute approximate surface area is 187 Å². The van der Waals surface area contributed by atoms with Crippen molar-refractivity contribution in [2.75, 3.05) is 30.3 Å². The molecule has 0 bridgehead atoms. The summed E-state index contributed by atoms with van der Waals surface area (Å²) in [4.78, 5) is 14.1. The lowest BCUT2D eigenvalue weighted by Crippen LogP contribution is -2.57. The molecule has 1 aliphatic rings. The van der Waals surface area contributed by atoms with Gasteiger partial charge in [-0.15, -0.1) is 5.10 Å². The molecule has 3 aromatic heterocycles. The van der Waals surface area contributed by atoms with Crippen molar-refractivity contribution < 1.29 is 4.42 Å². The second kappa shape index (κ2) is 8.63. The van der Waals surface area contributed by atoms with Gasteiger partial charge in [0.05, 0.1) is 6.26 Å². The number of aryl methyl sites for hydroxylation is 1. The van der Waals surface area contributed by atoms with Crippen LogP contribution >= 0.6 is 0 Å². The van der Waals surface area contributed by atoms with Crippen molar-refractivity contribution in [3.8, 4) is 11.6 Å². The second-order valence-corrected chi connectivity index (χ2v) is 8.59. The minimum absolute atomic E-state index is 0.327. The van der Waals surface area contributed by atoms with Gasteiger partial charge in [0.15, 0.2) is 11.4 Å². The number of rotatable bonds is 6. The first-order valence-electron chi connectivity index (χ1n) is 11.2. The molecule has 2 N–H and O–H groups in total. The first-order chi connectivity index (χ1) is 15.6. The maximum atomic E-state index is 6.23.